The Bertz CT molecular complexity index is 426. The highest BCUT2D eigenvalue weighted by Gasteiger charge is 2.28. The van der Waals surface area contributed by atoms with E-state index in [-0.39, 0.29) is 29.4 Å². The van der Waals surface area contributed by atoms with Crippen molar-refractivity contribution in [3.63, 3.8) is 0 Å². The van der Waals surface area contributed by atoms with Crippen LogP contribution in [0.5, 0.6) is 0 Å². The van der Waals surface area contributed by atoms with Crippen molar-refractivity contribution in [2.75, 3.05) is 26.2 Å². The number of halogens is 5. The van der Waals surface area contributed by atoms with E-state index in [0.29, 0.717) is 13.1 Å². The normalized spacial score (nSPS) is 17.9. The molecule has 1 aromatic rings. The van der Waals surface area contributed by atoms with Gasteiger partial charge < -0.3 is 5.32 Å². The van der Waals surface area contributed by atoms with Gasteiger partial charge in [-0.05, 0) is 6.07 Å². The first-order valence-electron chi connectivity index (χ1n) is 6.26. The molecule has 1 heterocycles. The van der Waals surface area contributed by atoms with Crippen LogP contribution in [0.3, 0.4) is 0 Å². The molecule has 1 fully saturated rings. The Kier molecular flexibility index (Phi) is 7.09. The maximum absolute atomic E-state index is 14.0. The van der Waals surface area contributed by atoms with Crippen molar-refractivity contribution in [1.82, 2.24) is 10.2 Å². The number of piperazine rings is 1. The van der Waals surface area contributed by atoms with Crippen LogP contribution in [-0.2, 0) is 0 Å². The largest absolute Gasteiger partial charge is 0.314 e. The summed E-state index contributed by atoms with van der Waals surface area (Å²) < 4.78 is 39.6. The van der Waals surface area contributed by atoms with E-state index < -0.39 is 18.3 Å². The third kappa shape index (κ3) is 4.25. The van der Waals surface area contributed by atoms with Gasteiger partial charge in [0.25, 0.3) is 0 Å². The summed E-state index contributed by atoms with van der Waals surface area (Å²) in [6, 6.07) is 3.94. The first-order valence-corrected chi connectivity index (χ1v) is 6.64. The first-order chi connectivity index (χ1) is 9.09. The Morgan fingerprint density at radius 3 is 2.50 bits per heavy atom. The second-order valence-corrected chi connectivity index (χ2v) is 4.98. The summed E-state index contributed by atoms with van der Waals surface area (Å²) in [4.78, 5) is 1.89. The minimum atomic E-state index is -2.47. The van der Waals surface area contributed by atoms with Gasteiger partial charge in [-0.25, -0.2) is 13.2 Å². The molecule has 2 nitrogen and oxygen atoms in total. The van der Waals surface area contributed by atoms with Gasteiger partial charge in [0.1, 0.15) is 5.82 Å². The lowest BCUT2D eigenvalue weighted by molar-refractivity contribution is 0.0725. The summed E-state index contributed by atoms with van der Waals surface area (Å²) in [7, 11) is 0. The fourth-order valence-corrected chi connectivity index (χ4v) is 2.59. The summed E-state index contributed by atoms with van der Waals surface area (Å²) in [5.41, 5.74) is 0.259. The van der Waals surface area contributed by atoms with Crippen LogP contribution >= 0.6 is 24.0 Å². The van der Waals surface area contributed by atoms with E-state index in [0.717, 1.165) is 13.1 Å². The standard InChI is InChI=1S/C13H16ClF3N2.ClH/c14-10-3-1-2-9(13(10)17)11(8-12(15)16)19-6-4-18-5-7-19;/h1-3,11-12,18H,4-8H2;1H/t11-;/m0./s1. The van der Waals surface area contributed by atoms with Gasteiger partial charge in [0, 0.05) is 44.2 Å². The van der Waals surface area contributed by atoms with Crippen LogP contribution in [0.1, 0.15) is 18.0 Å². The fourth-order valence-electron chi connectivity index (χ4n) is 2.41. The number of hydrogen-bond donors (Lipinski definition) is 1. The van der Waals surface area contributed by atoms with Crippen molar-refractivity contribution in [3.05, 3.63) is 34.6 Å². The minimum Gasteiger partial charge on any atom is -0.314 e. The SMILES string of the molecule is Cl.Fc1c(Cl)cccc1[C@H](CC(F)F)N1CCNCC1. The molecule has 0 unspecified atom stereocenters. The molecule has 0 aliphatic carbocycles. The van der Waals surface area contributed by atoms with E-state index in [1.807, 2.05) is 4.90 Å². The summed E-state index contributed by atoms with van der Waals surface area (Å²) >= 11 is 5.74. The molecule has 0 aromatic heterocycles. The molecule has 20 heavy (non-hydrogen) atoms. The molecule has 0 bridgehead atoms. The Morgan fingerprint density at radius 1 is 1.25 bits per heavy atom. The zero-order valence-corrected chi connectivity index (χ0v) is 12.4. The van der Waals surface area contributed by atoms with Crippen molar-refractivity contribution in [2.24, 2.45) is 0 Å². The van der Waals surface area contributed by atoms with Gasteiger partial charge in [-0.1, -0.05) is 23.7 Å². The molecular formula is C13H17Cl2F3N2. The number of benzene rings is 1. The predicted molar refractivity (Wildman–Crippen MR) is 76.5 cm³/mol. The van der Waals surface area contributed by atoms with Gasteiger partial charge in [-0.2, -0.15) is 0 Å². The van der Waals surface area contributed by atoms with Crippen LogP contribution in [0, 0.1) is 5.82 Å². The zero-order chi connectivity index (χ0) is 13.8. The molecule has 2 rings (SSSR count). The van der Waals surface area contributed by atoms with Gasteiger partial charge >= 0.3 is 0 Å². The van der Waals surface area contributed by atoms with Crippen molar-refractivity contribution in [2.45, 2.75) is 18.9 Å². The van der Waals surface area contributed by atoms with E-state index >= 15 is 0 Å². The van der Waals surface area contributed by atoms with Crippen LogP contribution in [0.2, 0.25) is 5.02 Å². The smallest absolute Gasteiger partial charge is 0.240 e. The average Bonchev–Trinajstić information content (AvgIpc) is 2.40. The highest BCUT2D eigenvalue weighted by atomic mass is 35.5. The molecule has 0 radical (unpaired) electrons. The lowest BCUT2D eigenvalue weighted by atomic mass is 10.0. The van der Waals surface area contributed by atoms with Crippen molar-refractivity contribution in [1.29, 1.82) is 0 Å². The Hall–Kier alpha value is -0.490. The molecule has 7 heteroatoms. The third-order valence-corrected chi connectivity index (χ3v) is 3.63. The van der Waals surface area contributed by atoms with E-state index in [1.54, 1.807) is 6.07 Å². The Balaban J connectivity index is 0.00000200. The van der Waals surface area contributed by atoms with Crippen LogP contribution in [0.4, 0.5) is 13.2 Å². The average molecular weight is 329 g/mol. The lowest BCUT2D eigenvalue weighted by Gasteiger charge is -2.35. The van der Waals surface area contributed by atoms with Gasteiger partial charge in [0.15, 0.2) is 0 Å². The molecule has 1 saturated heterocycles. The highest BCUT2D eigenvalue weighted by molar-refractivity contribution is 6.30. The van der Waals surface area contributed by atoms with Gasteiger partial charge in [-0.15, -0.1) is 12.4 Å². The predicted octanol–water partition coefficient (Wildman–Crippen LogP) is 3.50. The lowest BCUT2D eigenvalue weighted by Crippen LogP contribution is -2.45. The first kappa shape index (κ1) is 17.6. The topological polar surface area (TPSA) is 15.3 Å². The van der Waals surface area contributed by atoms with E-state index in [1.165, 1.54) is 12.1 Å². The van der Waals surface area contributed by atoms with Gasteiger partial charge in [0.2, 0.25) is 6.43 Å². The molecular weight excluding hydrogens is 312 g/mol. The number of alkyl halides is 2. The van der Waals surface area contributed by atoms with Crippen molar-refractivity contribution < 1.29 is 13.2 Å². The van der Waals surface area contributed by atoms with Gasteiger partial charge in [-0.3, -0.25) is 4.90 Å². The molecule has 1 N–H and O–H groups in total. The highest BCUT2D eigenvalue weighted by Crippen LogP contribution is 2.31. The molecule has 114 valence electrons. The number of nitrogens with one attached hydrogen (secondary N) is 1. The molecule has 1 aliphatic heterocycles. The summed E-state index contributed by atoms with van der Waals surface area (Å²) in [5, 5.41) is 3.13. The summed E-state index contributed by atoms with van der Waals surface area (Å²) in [5.74, 6) is -0.589. The number of rotatable bonds is 4. The van der Waals surface area contributed by atoms with E-state index in [2.05, 4.69) is 5.32 Å². The van der Waals surface area contributed by atoms with Crippen LogP contribution < -0.4 is 5.32 Å². The monoisotopic (exact) mass is 328 g/mol. The van der Waals surface area contributed by atoms with Gasteiger partial charge in [0.05, 0.1) is 5.02 Å². The van der Waals surface area contributed by atoms with E-state index in [9.17, 15) is 13.2 Å². The zero-order valence-electron chi connectivity index (χ0n) is 10.8. The minimum absolute atomic E-state index is 0. The van der Waals surface area contributed by atoms with Crippen LogP contribution in [0.15, 0.2) is 18.2 Å². The van der Waals surface area contributed by atoms with Crippen molar-refractivity contribution >= 4 is 24.0 Å². The number of hydrogen-bond acceptors (Lipinski definition) is 2. The maximum Gasteiger partial charge on any atom is 0.240 e. The van der Waals surface area contributed by atoms with Crippen LogP contribution in [-0.4, -0.2) is 37.5 Å². The second-order valence-electron chi connectivity index (χ2n) is 4.57. The molecule has 1 aliphatic rings. The third-order valence-electron chi connectivity index (χ3n) is 3.33. The molecule has 0 amide bonds. The Morgan fingerprint density at radius 2 is 1.90 bits per heavy atom. The molecule has 1 aromatic carbocycles. The maximum atomic E-state index is 14.0. The fraction of sp³-hybridized carbons (Fsp3) is 0.538. The number of nitrogens with zero attached hydrogens (tertiary/aromatic N) is 1. The summed E-state index contributed by atoms with van der Waals surface area (Å²) in [6.45, 7) is 2.70. The van der Waals surface area contributed by atoms with Crippen LogP contribution in [0.25, 0.3) is 0 Å². The molecule has 0 saturated carbocycles. The quantitative estimate of drug-likeness (QED) is 0.910. The molecule has 0 spiro atoms. The second kappa shape index (κ2) is 8.08. The summed E-state index contributed by atoms with van der Waals surface area (Å²) in [6.07, 6.45) is -2.85. The van der Waals surface area contributed by atoms with Crippen molar-refractivity contribution in [3.8, 4) is 0 Å². The molecule has 1 atom stereocenters. The van der Waals surface area contributed by atoms with E-state index in [4.69, 9.17) is 11.6 Å². The Labute approximate surface area is 127 Å².